The average molecular weight is 373 g/mol. The molecule has 0 heterocycles. The lowest BCUT2D eigenvalue weighted by atomic mass is 10.1. The highest BCUT2D eigenvalue weighted by Crippen LogP contribution is 2.28. The molecule has 0 aliphatic heterocycles. The molecule has 0 radical (unpaired) electrons. The number of ether oxygens (including phenoxy) is 1. The van der Waals surface area contributed by atoms with E-state index in [0.29, 0.717) is 33.8 Å². The van der Waals surface area contributed by atoms with E-state index in [2.05, 4.69) is 5.32 Å². The first kappa shape index (κ1) is 17.9. The van der Waals surface area contributed by atoms with E-state index in [1.807, 2.05) is 24.3 Å². The number of benzene rings is 2. The number of hydrogen-bond donors (Lipinski definition) is 1. The van der Waals surface area contributed by atoms with Gasteiger partial charge in [-0.05, 0) is 49.2 Å². The van der Waals surface area contributed by atoms with E-state index in [1.54, 1.807) is 25.1 Å². The number of nitrogens with one attached hydrogen (secondary N) is 1. The zero-order valence-electron chi connectivity index (χ0n) is 12.5. The normalized spacial score (nSPS) is 11.8. The molecular weight excluding hydrogens is 357 g/mol. The standard InChI is InChI=1S/C17H16Cl3NO2/c1-11(23-16-6-5-14(19)10-15(16)20)17(22)21-8-7-12-3-2-4-13(18)9-12/h2-6,9-11H,7-8H2,1H3,(H,21,22). The molecule has 1 amide bonds. The summed E-state index contributed by atoms with van der Waals surface area (Å²) < 4.78 is 5.56. The van der Waals surface area contributed by atoms with Gasteiger partial charge in [0.2, 0.25) is 0 Å². The van der Waals surface area contributed by atoms with Crippen LogP contribution >= 0.6 is 34.8 Å². The second kappa shape index (κ2) is 8.44. The van der Waals surface area contributed by atoms with Crippen LogP contribution in [-0.2, 0) is 11.2 Å². The topological polar surface area (TPSA) is 38.3 Å². The molecule has 2 rings (SSSR count). The maximum atomic E-state index is 12.1. The van der Waals surface area contributed by atoms with Gasteiger partial charge in [-0.2, -0.15) is 0 Å². The van der Waals surface area contributed by atoms with Crippen LogP contribution in [0.3, 0.4) is 0 Å². The van der Waals surface area contributed by atoms with E-state index in [9.17, 15) is 4.79 Å². The fourth-order valence-corrected chi connectivity index (χ4v) is 2.65. The summed E-state index contributed by atoms with van der Waals surface area (Å²) in [6, 6.07) is 12.4. The van der Waals surface area contributed by atoms with Crippen LogP contribution in [0.25, 0.3) is 0 Å². The summed E-state index contributed by atoms with van der Waals surface area (Å²) in [6.45, 7) is 2.17. The summed E-state index contributed by atoms with van der Waals surface area (Å²) in [5, 5.41) is 4.39. The maximum absolute atomic E-state index is 12.1. The van der Waals surface area contributed by atoms with Gasteiger partial charge in [0.05, 0.1) is 5.02 Å². The molecule has 0 aliphatic rings. The van der Waals surface area contributed by atoms with Crippen molar-refractivity contribution in [2.45, 2.75) is 19.4 Å². The minimum atomic E-state index is -0.659. The van der Waals surface area contributed by atoms with Crippen LogP contribution < -0.4 is 10.1 Å². The monoisotopic (exact) mass is 371 g/mol. The third-order valence-corrected chi connectivity index (χ3v) is 3.93. The van der Waals surface area contributed by atoms with E-state index < -0.39 is 6.10 Å². The molecule has 23 heavy (non-hydrogen) atoms. The largest absolute Gasteiger partial charge is 0.479 e. The first-order valence-corrected chi connectivity index (χ1v) is 8.23. The average Bonchev–Trinajstić information content (AvgIpc) is 2.50. The van der Waals surface area contributed by atoms with E-state index in [-0.39, 0.29) is 5.91 Å². The second-order valence-electron chi connectivity index (χ2n) is 5.01. The molecule has 0 aliphatic carbocycles. The lowest BCUT2D eigenvalue weighted by Gasteiger charge is -2.15. The minimum Gasteiger partial charge on any atom is -0.479 e. The van der Waals surface area contributed by atoms with Gasteiger partial charge in [-0.15, -0.1) is 0 Å². The summed E-state index contributed by atoms with van der Waals surface area (Å²) in [7, 11) is 0. The van der Waals surface area contributed by atoms with Crippen molar-refractivity contribution in [3.8, 4) is 5.75 Å². The van der Waals surface area contributed by atoms with Crippen molar-refractivity contribution >= 4 is 40.7 Å². The summed E-state index contributed by atoms with van der Waals surface area (Å²) in [5.74, 6) is 0.214. The molecule has 3 nitrogen and oxygen atoms in total. The van der Waals surface area contributed by atoms with E-state index in [1.165, 1.54) is 0 Å². The molecule has 0 saturated carbocycles. The maximum Gasteiger partial charge on any atom is 0.260 e. The van der Waals surface area contributed by atoms with Crippen LogP contribution in [0, 0.1) is 0 Å². The molecule has 6 heteroatoms. The van der Waals surface area contributed by atoms with E-state index in [0.717, 1.165) is 5.56 Å². The van der Waals surface area contributed by atoms with Crippen molar-refractivity contribution in [3.05, 3.63) is 63.1 Å². The Morgan fingerprint density at radius 1 is 1.13 bits per heavy atom. The van der Waals surface area contributed by atoms with Gasteiger partial charge in [0.1, 0.15) is 5.75 Å². The van der Waals surface area contributed by atoms with Crippen LogP contribution in [0.15, 0.2) is 42.5 Å². The van der Waals surface area contributed by atoms with Gasteiger partial charge in [0.25, 0.3) is 5.91 Å². The second-order valence-corrected chi connectivity index (χ2v) is 6.29. The zero-order valence-corrected chi connectivity index (χ0v) is 14.8. The van der Waals surface area contributed by atoms with Crippen molar-refractivity contribution in [2.75, 3.05) is 6.54 Å². The van der Waals surface area contributed by atoms with Gasteiger partial charge >= 0.3 is 0 Å². The molecule has 0 spiro atoms. The molecule has 1 atom stereocenters. The van der Waals surface area contributed by atoms with Gasteiger partial charge in [-0.1, -0.05) is 46.9 Å². The fourth-order valence-electron chi connectivity index (χ4n) is 1.98. The Balaban J connectivity index is 1.83. The first-order valence-electron chi connectivity index (χ1n) is 7.09. The molecule has 2 aromatic carbocycles. The van der Waals surface area contributed by atoms with Crippen LogP contribution in [0.5, 0.6) is 5.75 Å². The van der Waals surface area contributed by atoms with E-state index in [4.69, 9.17) is 39.5 Å². The Morgan fingerprint density at radius 2 is 1.87 bits per heavy atom. The Bertz CT molecular complexity index is 691. The summed E-state index contributed by atoms with van der Waals surface area (Å²) in [4.78, 5) is 12.1. The molecule has 0 bridgehead atoms. The predicted octanol–water partition coefficient (Wildman–Crippen LogP) is 4.77. The van der Waals surface area contributed by atoms with Gasteiger partial charge in [0, 0.05) is 16.6 Å². The van der Waals surface area contributed by atoms with E-state index >= 15 is 0 Å². The van der Waals surface area contributed by atoms with Crippen LogP contribution in [0.1, 0.15) is 12.5 Å². The molecule has 2 aromatic rings. The van der Waals surface area contributed by atoms with Gasteiger partial charge in [0.15, 0.2) is 6.10 Å². The summed E-state index contributed by atoms with van der Waals surface area (Å²) in [5.41, 5.74) is 1.06. The summed E-state index contributed by atoms with van der Waals surface area (Å²) in [6.07, 6.45) is 0.0359. The van der Waals surface area contributed by atoms with Crippen molar-refractivity contribution in [3.63, 3.8) is 0 Å². The summed E-state index contributed by atoms with van der Waals surface area (Å²) >= 11 is 17.8. The highest BCUT2D eigenvalue weighted by molar-refractivity contribution is 6.35. The number of amides is 1. The van der Waals surface area contributed by atoms with Gasteiger partial charge in [-0.25, -0.2) is 0 Å². The Labute approximate surface area is 150 Å². The minimum absolute atomic E-state index is 0.210. The fraction of sp³-hybridized carbons (Fsp3) is 0.235. The zero-order chi connectivity index (χ0) is 16.8. The van der Waals surface area contributed by atoms with Crippen molar-refractivity contribution in [1.29, 1.82) is 0 Å². The smallest absolute Gasteiger partial charge is 0.260 e. The Hall–Kier alpha value is -1.42. The number of rotatable bonds is 6. The molecule has 1 N–H and O–H groups in total. The first-order chi connectivity index (χ1) is 11.0. The highest BCUT2D eigenvalue weighted by atomic mass is 35.5. The lowest BCUT2D eigenvalue weighted by molar-refractivity contribution is -0.127. The molecular formula is C17H16Cl3NO2. The number of halogens is 3. The molecule has 0 aromatic heterocycles. The molecule has 1 unspecified atom stereocenters. The number of hydrogen-bond acceptors (Lipinski definition) is 2. The SMILES string of the molecule is CC(Oc1ccc(Cl)cc1Cl)C(=O)NCCc1cccc(Cl)c1. The van der Waals surface area contributed by atoms with Crippen LogP contribution in [0.4, 0.5) is 0 Å². The molecule has 122 valence electrons. The third kappa shape index (κ3) is 5.61. The number of carbonyl (C=O) groups is 1. The highest BCUT2D eigenvalue weighted by Gasteiger charge is 2.15. The van der Waals surface area contributed by atoms with Crippen molar-refractivity contribution in [2.24, 2.45) is 0 Å². The molecule has 0 fully saturated rings. The quantitative estimate of drug-likeness (QED) is 0.793. The van der Waals surface area contributed by atoms with Gasteiger partial charge in [-0.3, -0.25) is 4.79 Å². The van der Waals surface area contributed by atoms with Crippen LogP contribution in [-0.4, -0.2) is 18.6 Å². The lowest BCUT2D eigenvalue weighted by Crippen LogP contribution is -2.37. The third-order valence-electron chi connectivity index (χ3n) is 3.17. The van der Waals surface area contributed by atoms with Crippen LogP contribution in [0.2, 0.25) is 15.1 Å². The van der Waals surface area contributed by atoms with Crippen molar-refractivity contribution < 1.29 is 9.53 Å². The van der Waals surface area contributed by atoms with Gasteiger partial charge < -0.3 is 10.1 Å². The Morgan fingerprint density at radius 3 is 2.57 bits per heavy atom. The van der Waals surface area contributed by atoms with Crippen molar-refractivity contribution in [1.82, 2.24) is 5.32 Å². The Kier molecular flexibility index (Phi) is 6.58. The number of carbonyl (C=O) groups excluding carboxylic acids is 1. The predicted molar refractivity (Wildman–Crippen MR) is 94.7 cm³/mol. The molecule has 0 saturated heterocycles.